The molecule has 1 amide bonds. The van der Waals surface area contributed by atoms with Gasteiger partial charge in [-0.2, -0.15) is 0 Å². The van der Waals surface area contributed by atoms with Crippen molar-refractivity contribution >= 4 is 5.91 Å². The van der Waals surface area contributed by atoms with Crippen LogP contribution in [0.2, 0.25) is 0 Å². The molecule has 1 aromatic rings. The Balaban J connectivity index is 3.23. The second-order valence-electron chi connectivity index (χ2n) is 3.49. The van der Waals surface area contributed by atoms with Crippen molar-refractivity contribution in [3.8, 4) is 5.75 Å². The fraction of sp³-hybridized carbons (Fsp3) is 0.364. The normalized spacial score (nSPS) is 12.3. The monoisotopic (exact) mass is 208 g/mol. The molecule has 0 bridgehead atoms. The van der Waals surface area contributed by atoms with Crippen molar-refractivity contribution in [2.75, 3.05) is 7.11 Å². The SMILES string of the molecule is COc1ccc(C(N)C(N)=O)c(C)c1C. The molecule has 1 atom stereocenters. The van der Waals surface area contributed by atoms with Gasteiger partial charge >= 0.3 is 0 Å². The number of primary amides is 1. The van der Waals surface area contributed by atoms with Gasteiger partial charge < -0.3 is 16.2 Å². The molecule has 0 heterocycles. The minimum Gasteiger partial charge on any atom is -0.496 e. The van der Waals surface area contributed by atoms with E-state index in [1.807, 2.05) is 13.8 Å². The Labute approximate surface area is 89.2 Å². The lowest BCUT2D eigenvalue weighted by atomic mass is 9.97. The molecule has 0 radical (unpaired) electrons. The third-order valence-electron chi connectivity index (χ3n) is 2.64. The molecule has 4 N–H and O–H groups in total. The molecule has 15 heavy (non-hydrogen) atoms. The van der Waals surface area contributed by atoms with Crippen molar-refractivity contribution in [1.29, 1.82) is 0 Å². The summed E-state index contributed by atoms with van der Waals surface area (Å²) in [6, 6.07) is 2.81. The zero-order valence-electron chi connectivity index (χ0n) is 9.20. The fourth-order valence-electron chi connectivity index (χ4n) is 1.53. The van der Waals surface area contributed by atoms with Crippen LogP contribution in [-0.4, -0.2) is 13.0 Å². The molecule has 1 rings (SSSR count). The largest absolute Gasteiger partial charge is 0.496 e. The van der Waals surface area contributed by atoms with Gasteiger partial charge in [0, 0.05) is 0 Å². The standard InChI is InChI=1S/C11H16N2O2/c1-6-7(2)9(15-3)5-4-8(6)10(12)11(13)14/h4-5,10H,12H2,1-3H3,(H2,13,14). The molecule has 0 aliphatic carbocycles. The predicted octanol–water partition coefficient (Wildman–Crippen LogP) is 0.797. The molecule has 0 fully saturated rings. The van der Waals surface area contributed by atoms with Crippen LogP contribution in [0.3, 0.4) is 0 Å². The Hall–Kier alpha value is -1.55. The summed E-state index contributed by atoms with van der Waals surface area (Å²) in [5.41, 5.74) is 13.5. The number of amides is 1. The third-order valence-corrected chi connectivity index (χ3v) is 2.64. The average molecular weight is 208 g/mol. The Bertz CT molecular complexity index is 388. The number of hydrogen-bond acceptors (Lipinski definition) is 3. The molecule has 0 saturated heterocycles. The summed E-state index contributed by atoms with van der Waals surface area (Å²) in [6.07, 6.45) is 0. The number of carbonyl (C=O) groups is 1. The first-order chi connectivity index (χ1) is 6.99. The summed E-state index contributed by atoms with van der Waals surface area (Å²) in [4.78, 5) is 11.0. The summed E-state index contributed by atoms with van der Waals surface area (Å²) in [5, 5.41) is 0. The molecule has 0 spiro atoms. The van der Waals surface area contributed by atoms with Crippen LogP contribution in [0.15, 0.2) is 12.1 Å². The van der Waals surface area contributed by atoms with Crippen LogP contribution in [-0.2, 0) is 4.79 Å². The highest BCUT2D eigenvalue weighted by atomic mass is 16.5. The van der Waals surface area contributed by atoms with Gasteiger partial charge in [0.15, 0.2) is 0 Å². The van der Waals surface area contributed by atoms with E-state index in [4.69, 9.17) is 16.2 Å². The zero-order valence-corrected chi connectivity index (χ0v) is 9.20. The lowest BCUT2D eigenvalue weighted by molar-refractivity contribution is -0.119. The second kappa shape index (κ2) is 4.31. The van der Waals surface area contributed by atoms with Crippen molar-refractivity contribution in [3.63, 3.8) is 0 Å². The highest BCUT2D eigenvalue weighted by Gasteiger charge is 2.16. The summed E-state index contributed by atoms with van der Waals surface area (Å²) >= 11 is 0. The molecule has 1 aromatic carbocycles. The van der Waals surface area contributed by atoms with Crippen molar-refractivity contribution in [2.45, 2.75) is 19.9 Å². The van der Waals surface area contributed by atoms with Gasteiger partial charge in [0.2, 0.25) is 5.91 Å². The molecule has 0 aliphatic heterocycles. The minimum absolute atomic E-state index is 0.525. The minimum atomic E-state index is -0.755. The van der Waals surface area contributed by atoms with Gasteiger partial charge in [-0.1, -0.05) is 6.07 Å². The summed E-state index contributed by atoms with van der Waals surface area (Å²) < 4.78 is 5.16. The van der Waals surface area contributed by atoms with Crippen LogP contribution in [0, 0.1) is 13.8 Å². The Morgan fingerprint density at radius 3 is 2.40 bits per heavy atom. The van der Waals surface area contributed by atoms with Crippen molar-refractivity contribution in [3.05, 3.63) is 28.8 Å². The number of nitrogens with two attached hydrogens (primary N) is 2. The van der Waals surface area contributed by atoms with Crippen LogP contribution in [0.4, 0.5) is 0 Å². The van der Waals surface area contributed by atoms with Crippen molar-refractivity contribution in [1.82, 2.24) is 0 Å². The van der Waals surface area contributed by atoms with E-state index in [1.165, 1.54) is 0 Å². The van der Waals surface area contributed by atoms with E-state index in [9.17, 15) is 4.79 Å². The van der Waals surface area contributed by atoms with E-state index in [0.29, 0.717) is 0 Å². The van der Waals surface area contributed by atoms with E-state index in [2.05, 4.69) is 0 Å². The average Bonchev–Trinajstić information content (AvgIpc) is 2.21. The maximum atomic E-state index is 11.0. The van der Waals surface area contributed by atoms with Crippen LogP contribution < -0.4 is 16.2 Å². The number of carbonyl (C=O) groups excluding carboxylic acids is 1. The van der Waals surface area contributed by atoms with E-state index in [-0.39, 0.29) is 0 Å². The van der Waals surface area contributed by atoms with E-state index < -0.39 is 11.9 Å². The highest BCUT2D eigenvalue weighted by Crippen LogP contribution is 2.26. The number of rotatable bonds is 3. The Morgan fingerprint density at radius 1 is 1.33 bits per heavy atom. The van der Waals surface area contributed by atoms with Crippen LogP contribution >= 0.6 is 0 Å². The smallest absolute Gasteiger partial charge is 0.238 e. The summed E-state index contributed by atoms with van der Waals surface area (Å²) in [6.45, 7) is 3.82. The van der Waals surface area contributed by atoms with Gasteiger partial charge in [-0.05, 0) is 36.6 Å². The molecule has 4 nitrogen and oxygen atoms in total. The summed E-state index contributed by atoms with van der Waals surface area (Å²) in [5.74, 6) is 0.260. The van der Waals surface area contributed by atoms with Gasteiger partial charge in [0.05, 0.1) is 7.11 Å². The van der Waals surface area contributed by atoms with Crippen LogP contribution in [0.5, 0.6) is 5.75 Å². The first-order valence-corrected chi connectivity index (χ1v) is 4.68. The lowest BCUT2D eigenvalue weighted by Gasteiger charge is -2.15. The Kier molecular flexibility index (Phi) is 3.31. The summed E-state index contributed by atoms with van der Waals surface area (Å²) in [7, 11) is 1.61. The topological polar surface area (TPSA) is 78.3 Å². The Morgan fingerprint density at radius 2 is 1.93 bits per heavy atom. The molecule has 4 heteroatoms. The first-order valence-electron chi connectivity index (χ1n) is 4.68. The number of benzene rings is 1. The van der Waals surface area contributed by atoms with Gasteiger partial charge in [-0.15, -0.1) is 0 Å². The fourth-order valence-corrected chi connectivity index (χ4v) is 1.53. The molecular formula is C11H16N2O2. The number of hydrogen-bond donors (Lipinski definition) is 2. The molecule has 0 aromatic heterocycles. The zero-order chi connectivity index (χ0) is 11.6. The molecule has 82 valence electrons. The van der Waals surface area contributed by atoms with Gasteiger partial charge in [0.25, 0.3) is 0 Å². The van der Waals surface area contributed by atoms with Gasteiger partial charge in [-0.3, -0.25) is 4.79 Å². The van der Waals surface area contributed by atoms with E-state index in [1.54, 1.807) is 19.2 Å². The lowest BCUT2D eigenvalue weighted by Crippen LogP contribution is -2.29. The molecule has 0 aliphatic rings. The second-order valence-corrected chi connectivity index (χ2v) is 3.49. The van der Waals surface area contributed by atoms with Crippen molar-refractivity contribution in [2.24, 2.45) is 11.5 Å². The van der Waals surface area contributed by atoms with Gasteiger partial charge in [0.1, 0.15) is 11.8 Å². The maximum absolute atomic E-state index is 11.0. The molecule has 0 saturated carbocycles. The molecule has 1 unspecified atom stereocenters. The quantitative estimate of drug-likeness (QED) is 0.771. The third kappa shape index (κ3) is 2.10. The van der Waals surface area contributed by atoms with Crippen molar-refractivity contribution < 1.29 is 9.53 Å². The molecular weight excluding hydrogens is 192 g/mol. The van der Waals surface area contributed by atoms with Crippen LogP contribution in [0.25, 0.3) is 0 Å². The highest BCUT2D eigenvalue weighted by molar-refractivity contribution is 5.81. The van der Waals surface area contributed by atoms with Crippen LogP contribution in [0.1, 0.15) is 22.7 Å². The van der Waals surface area contributed by atoms with E-state index in [0.717, 1.165) is 22.4 Å². The van der Waals surface area contributed by atoms with Gasteiger partial charge in [-0.25, -0.2) is 0 Å². The van der Waals surface area contributed by atoms with E-state index >= 15 is 0 Å². The maximum Gasteiger partial charge on any atom is 0.238 e. The number of methoxy groups -OCH3 is 1. The number of ether oxygens (including phenoxy) is 1. The first kappa shape index (κ1) is 11.5. The predicted molar refractivity (Wildman–Crippen MR) is 58.6 cm³/mol.